The monoisotopic (exact) mass is 596 g/mol. The van der Waals surface area contributed by atoms with Gasteiger partial charge in [0.15, 0.2) is 0 Å². The standard InChI is InChI=1S/C45H28N2/c46-27-28-9-8-13-33(23-28)47-43-22-18-31(25-41(43)39-21-20-36-34-14-5-4-12-32(34)26-42(36)45(39)47)30-17-19-38-40(24-30)35-15-6-7-16-37(35)44(38)29-10-2-1-3-11-29/h1-25,44H,26H2. The van der Waals surface area contributed by atoms with Gasteiger partial charge in [0.05, 0.1) is 22.7 Å². The van der Waals surface area contributed by atoms with Crippen molar-refractivity contribution in [2.45, 2.75) is 12.3 Å². The van der Waals surface area contributed by atoms with Gasteiger partial charge in [0.25, 0.3) is 0 Å². The predicted octanol–water partition coefficient (Wildman–Crippen LogP) is 11.1. The Morgan fingerprint density at radius 1 is 0.553 bits per heavy atom. The molecule has 2 aliphatic rings. The highest BCUT2D eigenvalue weighted by Gasteiger charge is 2.30. The SMILES string of the molecule is N#Cc1cccc(-n2c3ccc(-c4ccc5c(c4)-c4ccccc4C5c4ccccc4)cc3c3ccc4c(c32)Cc2ccccc2-4)c1. The summed E-state index contributed by atoms with van der Waals surface area (Å²) in [6, 6.07) is 57.4. The Morgan fingerprint density at radius 3 is 2.21 bits per heavy atom. The fourth-order valence-electron chi connectivity index (χ4n) is 8.28. The van der Waals surface area contributed by atoms with Crippen LogP contribution in [0.25, 0.3) is 60.9 Å². The maximum Gasteiger partial charge on any atom is 0.0992 e. The van der Waals surface area contributed by atoms with Gasteiger partial charge in [0.2, 0.25) is 0 Å². The summed E-state index contributed by atoms with van der Waals surface area (Å²) >= 11 is 0. The van der Waals surface area contributed by atoms with E-state index in [9.17, 15) is 5.26 Å². The van der Waals surface area contributed by atoms with Crippen LogP contribution in [0.1, 0.15) is 39.3 Å². The van der Waals surface area contributed by atoms with Crippen molar-refractivity contribution in [3.05, 3.63) is 185 Å². The molecular weight excluding hydrogens is 569 g/mol. The Bertz CT molecular complexity index is 2620. The molecule has 0 fully saturated rings. The second-order valence-electron chi connectivity index (χ2n) is 12.8. The third-order valence-electron chi connectivity index (χ3n) is 10.3. The largest absolute Gasteiger partial charge is 0.309 e. The van der Waals surface area contributed by atoms with Crippen molar-refractivity contribution in [1.29, 1.82) is 5.26 Å². The maximum absolute atomic E-state index is 9.77. The molecule has 7 aromatic carbocycles. The van der Waals surface area contributed by atoms with Crippen LogP contribution in [0.2, 0.25) is 0 Å². The highest BCUT2D eigenvalue weighted by molar-refractivity contribution is 6.13. The average molecular weight is 597 g/mol. The first-order valence-electron chi connectivity index (χ1n) is 16.2. The van der Waals surface area contributed by atoms with Gasteiger partial charge in [-0.25, -0.2) is 0 Å². The van der Waals surface area contributed by atoms with Gasteiger partial charge in [-0.1, -0.05) is 115 Å². The fraction of sp³-hybridized carbons (Fsp3) is 0.0444. The average Bonchev–Trinajstić information content (AvgIpc) is 3.79. The van der Waals surface area contributed by atoms with Crippen LogP contribution >= 0.6 is 0 Å². The highest BCUT2D eigenvalue weighted by atomic mass is 15.0. The molecule has 0 N–H and O–H groups in total. The number of nitrogens with zero attached hydrogens (tertiary/aromatic N) is 2. The van der Waals surface area contributed by atoms with Crippen LogP contribution in [0.15, 0.2) is 152 Å². The van der Waals surface area contributed by atoms with Gasteiger partial charge in [-0.3, -0.25) is 0 Å². The van der Waals surface area contributed by atoms with Crippen LogP contribution in [0.5, 0.6) is 0 Å². The number of aromatic nitrogens is 1. The highest BCUT2D eigenvalue weighted by Crippen LogP contribution is 2.50. The molecule has 2 aliphatic carbocycles. The van der Waals surface area contributed by atoms with Crippen molar-refractivity contribution in [2.75, 3.05) is 0 Å². The van der Waals surface area contributed by atoms with Gasteiger partial charge in [-0.2, -0.15) is 5.26 Å². The summed E-state index contributed by atoms with van der Waals surface area (Å²) in [4.78, 5) is 0. The molecule has 0 radical (unpaired) electrons. The number of fused-ring (bicyclic) bond motifs is 10. The van der Waals surface area contributed by atoms with Crippen molar-refractivity contribution >= 4 is 21.8 Å². The third-order valence-corrected chi connectivity index (χ3v) is 10.3. The molecule has 0 saturated heterocycles. The first-order valence-corrected chi connectivity index (χ1v) is 16.2. The van der Waals surface area contributed by atoms with E-state index < -0.39 is 0 Å². The number of benzene rings is 7. The van der Waals surface area contributed by atoms with Gasteiger partial charge in [0.1, 0.15) is 0 Å². The topological polar surface area (TPSA) is 28.7 Å². The van der Waals surface area contributed by atoms with Gasteiger partial charge in [0, 0.05) is 28.8 Å². The summed E-state index contributed by atoms with van der Waals surface area (Å²) in [7, 11) is 0. The van der Waals surface area contributed by atoms with Gasteiger partial charge in [-0.15, -0.1) is 0 Å². The summed E-state index contributed by atoms with van der Waals surface area (Å²) < 4.78 is 2.38. The van der Waals surface area contributed by atoms with Crippen LogP contribution in [0.4, 0.5) is 0 Å². The minimum absolute atomic E-state index is 0.243. The second kappa shape index (κ2) is 9.91. The zero-order valence-corrected chi connectivity index (χ0v) is 25.6. The molecule has 2 nitrogen and oxygen atoms in total. The molecule has 2 heteroatoms. The van der Waals surface area contributed by atoms with E-state index in [1.165, 1.54) is 77.5 Å². The lowest BCUT2D eigenvalue weighted by Crippen LogP contribution is -1.98. The Morgan fingerprint density at radius 2 is 1.32 bits per heavy atom. The summed E-state index contributed by atoms with van der Waals surface area (Å²) in [5, 5.41) is 12.2. The van der Waals surface area contributed by atoms with Crippen molar-refractivity contribution in [1.82, 2.24) is 4.57 Å². The van der Waals surface area contributed by atoms with E-state index in [0.717, 1.165) is 17.6 Å². The quantitative estimate of drug-likeness (QED) is 0.199. The van der Waals surface area contributed by atoms with E-state index in [1.807, 2.05) is 18.2 Å². The van der Waals surface area contributed by atoms with E-state index in [4.69, 9.17) is 0 Å². The molecule has 8 aromatic rings. The molecule has 10 rings (SSSR count). The first-order chi connectivity index (χ1) is 23.3. The smallest absolute Gasteiger partial charge is 0.0992 e. The van der Waals surface area contributed by atoms with Crippen molar-refractivity contribution in [2.24, 2.45) is 0 Å². The van der Waals surface area contributed by atoms with Crippen LogP contribution < -0.4 is 0 Å². The van der Waals surface area contributed by atoms with E-state index in [-0.39, 0.29) is 5.92 Å². The Balaban J connectivity index is 1.19. The molecule has 0 saturated carbocycles. The molecule has 0 amide bonds. The summed E-state index contributed by atoms with van der Waals surface area (Å²) in [5.74, 6) is 0.243. The van der Waals surface area contributed by atoms with E-state index in [1.54, 1.807) is 0 Å². The molecule has 47 heavy (non-hydrogen) atoms. The molecule has 0 bridgehead atoms. The molecule has 1 aromatic heterocycles. The number of hydrogen-bond acceptors (Lipinski definition) is 1. The van der Waals surface area contributed by atoms with Crippen molar-refractivity contribution < 1.29 is 0 Å². The van der Waals surface area contributed by atoms with E-state index >= 15 is 0 Å². The predicted molar refractivity (Wildman–Crippen MR) is 192 cm³/mol. The van der Waals surface area contributed by atoms with Crippen molar-refractivity contribution in [3.8, 4) is 45.1 Å². The molecule has 1 atom stereocenters. The lowest BCUT2D eigenvalue weighted by atomic mass is 9.89. The molecule has 0 aliphatic heterocycles. The Kier molecular flexibility index (Phi) is 5.50. The Labute approximate surface area is 273 Å². The van der Waals surface area contributed by atoms with Gasteiger partial charge < -0.3 is 4.57 Å². The lowest BCUT2D eigenvalue weighted by Gasteiger charge is -2.14. The number of rotatable bonds is 3. The zero-order chi connectivity index (χ0) is 31.1. The maximum atomic E-state index is 9.77. The van der Waals surface area contributed by atoms with E-state index in [0.29, 0.717) is 5.56 Å². The number of nitriles is 1. The normalized spacial score (nSPS) is 14.1. The second-order valence-corrected chi connectivity index (χ2v) is 12.8. The van der Waals surface area contributed by atoms with Gasteiger partial charge >= 0.3 is 0 Å². The van der Waals surface area contributed by atoms with Crippen molar-refractivity contribution in [3.63, 3.8) is 0 Å². The molecule has 218 valence electrons. The molecule has 1 unspecified atom stereocenters. The van der Waals surface area contributed by atoms with Gasteiger partial charge in [-0.05, 0) is 97.6 Å². The molecular formula is C45H28N2. The summed E-state index contributed by atoms with van der Waals surface area (Å²) in [6.07, 6.45) is 0.900. The van der Waals surface area contributed by atoms with Crippen LogP contribution in [-0.2, 0) is 6.42 Å². The summed E-state index contributed by atoms with van der Waals surface area (Å²) in [6.45, 7) is 0. The minimum Gasteiger partial charge on any atom is -0.309 e. The van der Waals surface area contributed by atoms with E-state index in [2.05, 4.69) is 144 Å². The lowest BCUT2D eigenvalue weighted by molar-refractivity contribution is 1.02. The first kappa shape index (κ1) is 26.1. The Hall–Kier alpha value is -6.17. The minimum atomic E-state index is 0.243. The third kappa shape index (κ3) is 3.78. The fourth-order valence-corrected chi connectivity index (χ4v) is 8.28. The zero-order valence-electron chi connectivity index (χ0n) is 25.6. The molecule has 1 heterocycles. The van der Waals surface area contributed by atoms with Crippen LogP contribution in [-0.4, -0.2) is 4.57 Å². The van der Waals surface area contributed by atoms with Crippen LogP contribution in [0.3, 0.4) is 0 Å². The number of hydrogen-bond donors (Lipinski definition) is 0. The summed E-state index contributed by atoms with van der Waals surface area (Å²) in [5.41, 5.74) is 18.5. The molecule has 0 spiro atoms. The van der Waals surface area contributed by atoms with Crippen LogP contribution in [0, 0.1) is 11.3 Å².